The lowest BCUT2D eigenvalue weighted by Gasteiger charge is -2.06. The summed E-state index contributed by atoms with van der Waals surface area (Å²) in [6.07, 6.45) is 3.49. The minimum Gasteiger partial charge on any atom is -0.237 e. The van der Waals surface area contributed by atoms with E-state index in [2.05, 4.69) is 41.5 Å². The van der Waals surface area contributed by atoms with E-state index in [0.717, 1.165) is 16.9 Å². The van der Waals surface area contributed by atoms with Gasteiger partial charge in [0.15, 0.2) is 5.82 Å². The van der Waals surface area contributed by atoms with Crippen molar-refractivity contribution in [1.82, 2.24) is 9.97 Å². The third-order valence-electron chi connectivity index (χ3n) is 2.00. The molecule has 2 nitrogen and oxygen atoms in total. The summed E-state index contributed by atoms with van der Waals surface area (Å²) < 4.78 is 0.116. The molecule has 1 aromatic carbocycles. The molecule has 2 rings (SSSR count). The number of rotatable bonds is 2. The fraction of sp³-hybridized carbons (Fsp3) is 0. The Morgan fingerprint density at radius 3 is 2.27 bits per heavy atom. The fourth-order valence-electron chi connectivity index (χ4n) is 1.33. The van der Waals surface area contributed by atoms with Crippen LogP contribution < -0.4 is 5.46 Å². The molecular formula is C10H7BBr2N2. The Balaban J connectivity index is 2.53. The van der Waals surface area contributed by atoms with E-state index in [0.29, 0.717) is 0 Å². The number of halogens is 2. The van der Waals surface area contributed by atoms with E-state index in [9.17, 15) is 0 Å². The average molecular weight is 326 g/mol. The largest absolute Gasteiger partial charge is 0.330 e. The lowest BCUT2D eigenvalue weighted by atomic mass is 9.89. The summed E-state index contributed by atoms with van der Waals surface area (Å²) >= 11 is 6.98. The number of benzene rings is 1. The topological polar surface area (TPSA) is 25.8 Å². The zero-order valence-electron chi connectivity index (χ0n) is 7.77. The maximum atomic E-state index is 4.24. The van der Waals surface area contributed by atoms with Gasteiger partial charge in [-0.15, -0.1) is 31.5 Å². The van der Waals surface area contributed by atoms with Crippen LogP contribution in [0.25, 0.3) is 11.4 Å². The van der Waals surface area contributed by atoms with Crippen molar-refractivity contribution in [3.63, 3.8) is 0 Å². The molecule has 0 aliphatic rings. The molecule has 0 amide bonds. The number of aromatic nitrogens is 2. The van der Waals surface area contributed by atoms with E-state index >= 15 is 0 Å². The van der Waals surface area contributed by atoms with Gasteiger partial charge >= 0.3 is 4.36 Å². The van der Waals surface area contributed by atoms with Crippen LogP contribution in [-0.2, 0) is 0 Å². The average Bonchev–Trinajstić information content (AvgIpc) is 2.30. The zero-order chi connectivity index (χ0) is 10.7. The zero-order valence-corrected chi connectivity index (χ0v) is 10.9. The highest BCUT2D eigenvalue weighted by Gasteiger charge is 2.14. The second-order valence-corrected chi connectivity index (χ2v) is 6.02. The summed E-state index contributed by atoms with van der Waals surface area (Å²) in [5, 5.41) is 0. The normalized spacial score (nSPS) is 10.0. The Labute approximate surface area is 105 Å². The van der Waals surface area contributed by atoms with Crippen molar-refractivity contribution in [1.29, 1.82) is 0 Å². The molecule has 0 saturated heterocycles. The van der Waals surface area contributed by atoms with E-state index in [-0.39, 0.29) is 4.36 Å². The van der Waals surface area contributed by atoms with Crippen molar-refractivity contribution in [3.8, 4) is 11.4 Å². The molecule has 0 aliphatic heterocycles. The Kier molecular flexibility index (Phi) is 3.54. The summed E-state index contributed by atoms with van der Waals surface area (Å²) in [7, 11) is 0. The second kappa shape index (κ2) is 4.90. The third kappa shape index (κ3) is 2.47. The summed E-state index contributed by atoms with van der Waals surface area (Å²) in [4.78, 5) is 8.48. The highest BCUT2D eigenvalue weighted by atomic mass is 79.9. The minimum absolute atomic E-state index is 0.116. The molecule has 0 unspecified atom stereocenters. The second-order valence-electron chi connectivity index (χ2n) is 2.96. The molecule has 0 radical (unpaired) electrons. The van der Waals surface area contributed by atoms with Crippen molar-refractivity contribution in [2.24, 2.45) is 0 Å². The van der Waals surface area contributed by atoms with Crippen LogP contribution in [0.2, 0.25) is 0 Å². The van der Waals surface area contributed by atoms with Gasteiger partial charge in [0, 0.05) is 18.0 Å². The molecule has 74 valence electrons. The molecule has 0 N–H and O–H groups in total. The van der Waals surface area contributed by atoms with Crippen molar-refractivity contribution in [3.05, 3.63) is 42.7 Å². The lowest BCUT2D eigenvalue weighted by Crippen LogP contribution is -2.20. The Bertz CT molecular complexity index is 448. The van der Waals surface area contributed by atoms with Crippen molar-refractivity contribution in [2.75, 3.05) is 0 Å². The third-order valence-corrected chi connectivity index (χ3v) is 2.99. The highest BCUT2D eigenvalue weighted by molar-refractivity contribution is 9.49. The predicted octanol–water partition coefficient (Wildman–Crippen LogP) is 2.63. The summed E-state index contributed by atoms with van der Waals surface area (Å²) in [6.45, 7) is 0. The van der Waals surface area contributed by atoms with Crippen molar-refractivity contribution in [2.45, 2.75) is 0 Å². The molecule has 0 bridgehead atoms. The highest BCUT2D eigenvalue weighted by Crippen LogP contribution is 2.15. The summed E-state index contributed by atoms with van der Waals surface area (Å²) in [5.41, 5.74) is 2.17. The van der Waals surface area contributed by atoms with E-state index in [1.165, 1.54) is 0 Å². The van der Waals surface area contributed by atoms with Crippen LogP contribution in [0, 0.1) is 0 Å². The maximum Gasteiger partial charge on any atom is 0.330 e. The van der Waals surface area contributed by atoms with Crippen molar-refractivity contribution >= 4 is 41.3 Å². The van der Waals surface area contributed by atoms with Gasteiger partial charge in [-0.3, -0.25) is 0 Å². The van der Waals surface area contributed by atoms with Crippen LogP contribution in [0.1, 0.15) is 0 Å². The fourth-order valence-corrected chi connectivity index (χ4v) is 2.13. The SMILES string of the molecule is BrB(Br)c1ccccc1-c1ncccn1. The van der Waals surface area contributed by atoms with Gasteiger partial charge in [0.05, 0.1) is 0 Å². The smallest absolute Gasteiger partial charge is 0.237 e. The van der Waals surface area contributed by atoms with Gasteiger partial charge in [0.25, 0.3) is 0 Å². The quantitative estimate of drug-likeness (QED) is 0.793. The molecule has 0 saturated carbocycles. The molecule has 0 fully saturated rings. The first-order valence-electron chi connectivity index (χ1n) is 4.43. The molecule has 5 heteroatoms. The van der Waals surface area contributed by atoms with E-state index in [1.807, 2.05) is 30.3 Å². The Morgan fingerprint density at radius 1 is 0.933 bits per heavy atom. The lowest BCUT2D eigenvalue weighted by molar-refractivity contribution is 1.18. The standard InChI is InChI=1S/C10H7BBr2N2/c12-11(13)9-5-2-1-4-8(9)10-14-6-3-7-15-10/h1-7H. The first-order chi connectivity index (χ1) is 7.29. The monoisotopic (exact) mass is 324 g/mol. The molecule has 2 aromatic rings. The number of hydrogen-bond acceptors (Lipinski definition) is 2. The maximum absolute atomic E-state index is 4.24. The van der Waals surface area contributed by atoms with Crippen molar-refractivity contribution < 1.29 is 0 Å². The molecule has 1 aromatic heterocycles. The van der Waals surface area contributed by atoms with E-state index in [4.69, 9.17) is 0 Å². The molecule has 0 spiro atoms. The van der Waals surface area contributed by atoms with Gasteiger partial charge in [0.1, 0.15) is 0 Å². The summed E-state index contributed by atoms with van der Waals surface area (Å²) in [6, 6.07) is 9.85. The first-order valence-corrected chi connectivity index (χ1v) is 6.26. The number of nitrogens with zero attached hydrogens (tertiary/aromatic N) is 2. The van der Waals surface area contributed by atoms with Crippen LogP contribution in [-0.4, -0.2) is 14.3 Å². The molecular weight excluding hydrogens is 319 g/mol. The first kappa shape index (κ1) is 10.8. The molecule has 15 heavy (non-hydrogen) atoms. The van der Waals surface area contributed by atoms with Gasteiger partial charge in [-0.2, -0.15) is 0 Å². The van der Waals surface area contributed by atoms with Crippen LogP contribution in [0.5, 0.6) is 0 Å². The minimum atomic E-state index is 0.116. The van der Waals surface area contributed by atoms with Gasteiger partial charge in [-0.25, -0.2) is 9.97 Å². The Morgan fingerprint density at radius 2 is 1.60 bits per heavy atom. The van der Waals surface area contributed by atoms with Gasteiger partial charge in [0.2, 0.25) is 0 Å². The molecule has 1 heterocycles. The summed E-state index contributed by atoms with van der Waals surface area (Å²) in [5.74, 6) is 0.747. The van der Waals surface area contributed by atoms with Crippen LogP contribution in [0.3, 0.4) is 0 Å². The molecule has 0 aliphatic carbocycles. The van der Waals surface area contributed by atoms with Gasteiger partial charge in [-0.1, -0.05) is 24.3 Å². The Hall–Kier alpha value is -0.675. The number of hydrogen-bond donors (Lipinski definition) is 0. The van der Waals surface area contributed by atoms with Crippen LogP contribution >= 0.6 is 31.5 Å². The van der Waals surface area contributed by atoms with Crippen LogP contribution in [0.4, 0.5) is 0 Å². The van der Waals surface area contributed by atoms with Crippen LogP contribution in [0.15, 0.2) is 42.7 Å². The van der Waals surface area contributed by atoms with E-state index < -0.39 is 0 Å². The van der Waals surface area contributed by atoms with E-state index in [1.54, 1.807) is 12.4 Å². The van der Waals surface area contributed by atoms with Gasteiger partial charge in [-0.05, 0) is 11.5 Å². The molecule has 0 atom stereocenters. The van der Waals surface area contributed by atoms with Gasteiger partial charge < -0.3 is 0 Å². The predicted molar refractivity (Wildman–Crippen MR) is 70.7 cm³/mol.